The lowest BCUT2D eigenvalue weighted by molar-refractivity contribution is -0.148. The maximum atomic E-state index is 11.9. The summed E-state index contributed by atoms with van der Waals surface area (Å²) in [7, 11) is 1.99. The molecular weight excluding hydrogens is 495 g/mol. The van der Waals surface area contributed by atoms with E-state index in [2.05, 4.69) is 24.6 Å². The van der Waals surface area contributed by atoms with Gasteiger partial charge in [0.1, 0.15) is 18.1 Å². The number of rotatable bonds is 7. The minimum atomic E-state index is -2.08. The Balaban J connectivity index is 0.000000426. The number of halogens is 1. The van der Waals surface area contributed by atoms with Crippen molar-refractivity contribution >= 4 is 33.8 Å². The Kier molecular flexibility index (Phi) is 7.93. The summed E-state index contributed by atoms with van der Waals surface area (Å²) in [6.07, 6.45) is 3.75. The van der Waals surface area contributed by atoms with Crippen molar-refractivity contribution in [2.24, 2.45) is 12.8 Å². The number of aliphatic carboxylic acids is 1. The molecule has 12 heteroatoms. The number of carboxylic acid groups (broad SMARTS) is 1. The first-order valence-corrected chi connectivity index (χ1v) is 12.1. The van der Waals surface area contributed by atoms with Gasteiger partial charge in [0.2, 0.25) is 5.67 Å². The van der Waals surface area contributed by atoms with Crippen LogP contribution in [0.5, 0.6) is 5.75 Å². The number of alkyl halides is 1. The number of carbonyl (C=O) groups excluding carboxylic acids is 1. The number of ether oxygens (including phenoxy) is 2. The summed E-state index contributed by atoms with van der Waals surface area (Å²) >= 11 is 0. The Hall–Kier alpha value is -4.03. The molecule has 0 radical (unpaired) electrons. The van der Waals surface area contributed by atoms with Gasteiger partial charge < -0.3 is 24.9 Å². The van der Waals surface area contributed by atoms with Crippen LogP contribution in [0.15, 0.2) is 36.7 Å². The number of benzene rings is 1. The number of hydrogen-bond donors (Lipinski definition) is 3. The summed E-state index contributed by atoms with van der Waals surface area (Å²) in [6, 6.07) is 7.80. The van der Waals surface area contributed by atoms with Crippen LogP contribution in [0.2, 0.25) is 0 Å². The number of aromatic nitrogens is 4. The highest BCUT2D eigenvalue weighted by Crippen LogP contribution is 2.36. The smallest absolute Gasteiger partial charge is 0.340 e. The number of aromatic amines is 1. The molecule has 4 heterocycles. The molecule has 0 spiro atoms. The van der Waals surface area contributed by atoms with Gasteiger partial charge in [-0.05, 0) is 43.7 Å². The van der Waals surface area contributed by atoms with Gasteiger partial charge in [0.15, 0.2) is 5.65 Å². The summed E-state index contributed by atoms with van der Waals surface area (Å²) in [6.45, 7) is 6.91. The van der Waals surface area contributed by atoms with Gasteiger partial charge in [-0.2, -0.15) is 5.10 Å². The number of primary amides is 1. The number of morpholine rings is 1. The minimum absolute atomic E-state index is 0.196. The van der Waals surface area contributed by atoms with Crippen LogP contribution in [-0.2, 0) is 16.6 Å². The van der Waals surface area contributed by atoms with Gasteiger partial charge in [0, 0.05) is 54.7 Å². The summed E-state index contributed by atoms with van der Waals surface area (Å²) < 4.78 is 25.4. The average Bonchev–Trinajstić information content (AvgIpc) is 3.48. The van der Waals surface area contributed by atoms with E-state index in [1.54, 1.807) is 12.3 Å². The van der Waals surface area contributed by atoms with Crippen molar-refractivity contribution in [3.05, 3.63) is 42.4 Å². The summed E-state index contributed by atoms with van der Waals surface area (Å²) in [5.74, 6) is -1.20. The fourth-order valence-electron chi connectivity index (χ4n) is 4.07. The molecular formula is C26H31FN6O5. The molecule has 4 N–H and O–H groups in total. The van der Waals surface area contributed by atoms with E-state index in [1.807, 2.05) is 31.4 Å². The third-order valence-electron chi connectivity index (χ3n) is 6.21. The fourth-order valence-corrected chi connectivity index (χ4v) is 4.07. The Morgan fingerprint density at radius 3 is 2.58 bits per heavy atom. The highest BCUT2D eigenvalue weighted by Gasteiger charge is 2.25. The number of fused-ring (bicyclic) bond motifs is 2. The van der Waals surface area contributed by atoms with E-state index in [4.69, 9.17) is 20.3 Å². The van der Waals surface area contributed by atoms with Gasteiger partial charge in [-0.1, -0.05) is 0 Å². The number of carbonyl (C=O) groups is 2. The molecule has 1 amide bonds. The van der Waals surface area contributed by atoms with Crippen LogP contribution in [0.1, 0.15) is 24.3 Å². The zero-order chi connectivity index (χ0) is 27.4. The lowest BCUT2D eigenvalue weighted by atomic mass is 10.0. The van der Waals surface area contributed by atoms with Gasteiger partial charge in [-0.3, -0.25) is 14.8 Å². The highest BCUT2D eigenvalue weighted by atomic mass is 19.1. The van der Waals surface area contributed by atoms with E-state index in [1.165, 1.54) is 0 Å². The van der Waals surface area contributed by atoms with Crippen molar-refractivity contribution in [2.45, 2.75) is 19.5 Å². The Morgan fingerprint density at radius 2 is 1.92 bits per heavy atom. The summed E-state index contributed by atoms with van der Waals surface area (Å²) in [5.41, 5.74) is 7.02. The number of aryl methyl sites for hydroxylation is 1. The van der Waals surface area contributed by atoms with Crippen LogP contribution in [0.4, 0.5) is 4.39 Å². The lowest BCUT2D eigenvalue weighted by Crippen LogP contribution is -2.38. The maximum absolute atomic E-state index is 11.9. The molecule has 1 fully saturated rings. The van der Waals surface area contributed by atoms with Crippen LogP contribution >= 0.6 is 0 Å². The Bertz CT molecular complexity index is 1450. The quantitative estimate of drug-likeness (QED) is 0.333. The molecule has 0 aliphatic carbocycles. The molecule has 1 aromatic carbocycles. The van der Waals surface area contributed by atoms with E-state index >= 15 is 0 Å². The van der Waals surface area contributed by atoms with Gasteiger partial charge in [0.25, 0.3) is 5.91 Å². The normalized spacial score (nSPS) is 14.3. The van der Waals surface area contributed by atoms with E-state index in [-0.39, 0.29) is 5.69 Å². The van der Waals surface area contributed by atoms with Crippen molar-refractivity contribution in [1.82, 2.24) is 24.6 Å². The number of carboxylic acids is 1. The molecule has 3 aromatic heterocycles. The lowest BCUT2D eigenvalue weighted by Gasteiger charge is -2.26. The predicted molar refractivity (Wildman–Crippen MR) is 140 cm³/mol. The molecule has 0 bridgehead atoms. The third kappa shape index (κ3) is 6.09. The molecule has 1 aliphatic rings. The monoisotopic (exact) mass is 526 g/mol. The molecule has 11 nitrogen and oxygen atoms in total. The standard InChI is InChI=1S/C22H24N6O3.C4H7FO2/c1-27-13-18(15-11-19(21(23)29)25-22-17(15)12-24-26-22)16-10-14(2-3-20(16)27)31-9-6-28-4-7-30-8-5-28;1-4(2,5)3(6)7/h2-3,10-13H,4-9H2,1H3,(H2,23,29)(H,24,25,26);1-2H3,(H,6,7). The second-order valence-electron chi connectivity index (χ2n) is 9.46. The molecule has 0 atom stereocenters. The second kappa shape index (κ2) is 11.2. The first kappa shape index (κ1) is 27.0. The SMILES string of the molecule is CC(C)(F)C(=O)O.Cn1cc(-c2cc(C(N)=O)nc3[nH]ncc23)c2cc(OCCN3CCOCC3)ccc21. The number of nitrogens with one attached hydrogen (secondary N) is 1. The molecule has 1 saturated heterocycles. The summed E-state index contributed by atoms with van der Waals surface area (Å²) in [5, 5.41) is 16.7. The third-order valence-corrected chi connectivity index (χ3v) is 6.21. The molecule has 0 unspecified atom stereocenters. The van der Waals surface area contributed by atoms with E-state index in [0.29, 0.717) is 12.3 Å². The van der Waals surface area contributed by atoms with Crippen LogP contribution in [0.3, 0.4) is 0 Å². The minimum Gasteiger partial charge on any atom is -0.492 e. The number of H-pyrrole nitrogens is 1. The number of nitrogens with two attached hydrogens (primary N) is 1. The number of hydrogen-bond acceptors (Lipinski definition) is 7. The van der Waals surface area contributed by atoms with E-state index in [0.717, 1.165) is 79.9 Å². The van der Waals surface area contributed by atoms with E-state index in [9.17, 15) is 14.0 Å². The average molecular weight is 527 g/mol. The molecule has 4 aromatic rings. The molecule has 0 saturated carbocycles. The second-order valence-corrected chi connectivity index (χ2v) is 9.46. The summed E-state index contributed by atoms with van der Waals surface area (Å²) in [4.78, 5) is 28.1. The molecule has 38 heavy (non-hydrogen) atoms. The fraction of sp³-hybridized carbons (Fsp3) is 0.385. The van der Waals surface area contributed by atoms with Gasteiger partial charge in [-0.25, -0.2) is 14.2 Å². The maximum Gasteiger partial charge on any atom is 0.340 e. The molecule has 1 aliphatic heterocycles. The Morgan fingerprint density at radius 1 is 1.21 bits per heavy atom. The first-order chi connectivity index (χ1) is 18.0. The largest absolute Gasteiger partial charge is 0.492 e. The zero-order valence-corrected chi connectivity index (χ0v) is 21.5. The predicted octanol–water partition coefficient (Wildman–Crippen LogP) is 2.75. The first-order valence-electron chi connectivity index (χ1n) is 12.1. The van der Waals surface area contributed by atoms with Crippen LogP contribution in [0.25, 0.3) is 33.1 Å². The van der Waals surface area contributed by atoms with E-state index < -0.39 is 17.5 Å². The highest BCUT2D eigenvalue weighted by molar-refractivity contribution is 6.06. The van der Waals surface area contributed by atoms with Crippen molar-refractivity contribution < 1.29 is 28.6 Å². The van der Waals surface area contributed by atoms with Gasteiger partial charge >= 0.3 is 5.97 Å². The topological polar surface area (TPSA) is 149 Å². The van der Waals surface area contributed by atoms with Crippen LogP contribution in [0, 0.1) is 0 Å². The number of nitrogens with zero attached hydrogens (tertiary/aromatic N) is 4. The van der Waals surface area contributed by atoms with Crippen molar-refractivity contribution in [2.75, 3.05) is 39.5 Å². The van der Waals surface area contributed by atoms with Gasteiger partial charge in [-0.15, -0.1) is 0 Å². The molecule has 202 valence electrons. The van der Waals surface area contributed by atoms with Crippen molar-refractivity contribution in [1.29, 1.82) is 0 Å². The van der Waals surface area contributed by atoms with Crippen LogP contribution in [-0.4, -0.2) is 86.8 Å². The van der Waals surface area contributed by atoms with Crippen molar-refractivity contribution in [3.63, 3.8) is 0 Å². The van der Waals surface area contributed by atoms with Gasteiger partial charge in [0.05, 0.1) is 19.4 Å². The van der Waals surface area contributed by atoms with Crippen molar-refractivity contribution in [3.8, 4) is 16.9 Å². The van der Waals surface area contributed by atoms with Crippen LogP contribution < -0.4 is 10.5 Å². The molecule has 5 rings (SSSR count). The number of amides is 1. The number of pyridine rings is 1. The Labute approximate surface area is 218 Å². The zero-order valence-electron chi connectivity index (χ0n) is 21.5.